The van der Waals surface area contributed by atoms with Crippen LogP contribution in [0.15, 0.2) is 66.0 Å². The van der Waals surface area contributed by atoms with Crippen LogP contribution in [0.4, 0.5) is 5.13 Å². The van der Waals surface area contributed by atoms with Crippen molar-refractivity contribution in [2.24, 2.45) is 5.92 Å². The molecule has 0 spiro atoms. The second-order valence-electron chi connectivity index (χ2n) is 6.68. The maximum absolute atomic E-state index is 12.4. The van der Waals surface area contributed by atoms with Crippen molar-refractivity contribution in [3.63, 3.8) is 0 Å². The second kappa shape index (κ2) is 8.36. The lowest BCUT2D eigenvalue weighted by Crippen LogP contribution is -2.27. The number of anilines is 1. The van der Waals surface area contributed by atoms with E-state index in [2.05, 4.69) is 4.98 Å². The van der Waals surface area contributed by atoms with Crippen molar-refractivity contribution in [2.45, 2.75) is 6.42 Å². The number of hydrogen-bond donors (Lipinski definition) is 0. The van der Waals surface area contributed by atoms with Crippen molar-refractivity contribution >= 4 is 34.1 Å². The first-order valence-corrected chi connectivity index (χ1v) is 10.1. The van der Waals surface area contributed by atoms with Gasteiger partial charge in [-0.05, 0) is 0 Å². The van der Waals surface area contributed by atoms with Crippen LogP contribution >= 0.6 is 11.3 Å². The molecule has 1 fully saturated rings. The van der Waals surface area contributed by atoms with E-state index in [1.807, 2.05) is 41.8 Å². The molecule has 3 aromatic rings. The molecule has 0 unspecified atom stereocenters. The Morgan fingerprint density at radius 2 is 1.76 bits per heavy atom. The molecule has 1 aliphatic heterocycles. The molecule has 0 radical (unpaired) electrons. The third kappa shape index (κ3) is 4.25. The predicted octanol–water partition coefficient (Wildman–Crippen LogP) is 3.59. The molecule has 1 aromatic heterocycles. The number of ketones is 1. The van der Waals surface area contributed by atoms with E-state index < -0.39 is 11.9 Å². The van der Waals surface area contributed by atoms with E-state index in [1.165, 1.54) is 16.2 Å². The zero-order chi connectivity index (χ0) is 20.2. The van der Waals surface area contributed by atoms with Gasteiger partial charge in [0, 0.05) is 29.5 Å². The first kappa shape index (κ1) is 19.0. The largest absolute Gasteiger partial charge is 0.457 e. The molecule has 1 aliphatic rings. The van der Waals surface area contributed by atoms with Crippen molar-refractivity contribution < 1.29 is 19.1 Å². The summed E-state index contributed by atoms with van der Waals surface area (Å²) in [5.41, 5.74) is 2.25. The topological polar surface area (TPSA) is 76.6 Å². The molecule has 1 amide bonds. The molecule has 146 valence electrons. The summed E-state index contributed by atoms with van der Waals surface area (Å²) >= 11 is 1.36. The third-order valence-electron chi connectivity index (χ3n) is 4.69. The fourth-order valence-corrected chi connectivity index (χ4v) is 4.00. The van der Waals surface area contributed by atoms with Crippen molar-refractivity contribution in [1.29, 1.82) is 0 Å². The van der Waals surface area contributed by atoms with Crippen molar-refractivity contribution in [2.75, 3.05) is 18.1 Å². The van der Waals surface area contributed by atoms with Gasteiger partial charge in [0.25, 0.3) is 0 Å². The Labute approximate surface area is 171 Å². The first-order valence-electron chi connectivity index (χ1n) is 9.18. The van der Waals surface area contributed by atoms with Gasteiger partial charge in [-0.15, -0.1) is 11.3 Å². The van der Waals surface area contributed by atoms with Gasteiger partial charge in [-0.25, -0.2) is 4.98 Å². The number of carbonyl (C=O) groups excluding carboxylic acids is 3. The van der Waals surface area contributed by atoms with Crippen molar-refractivity contribution in [3.8, 4) is 11.3 Å². The number of hydrogen-bond acceptors (Lipinski definition) is 6. The molecule has 0 saturated carbocycles. The number of rotatable bonds is 6. The zero-order valence-corrected chi connectivity index (χ0v) is 16.3. The molecule has 1 atom stereocenters. The quantitative estimate of drug-likeness (QED) is 0.462. The standard InChI is InChI=1S/C22H18N2O4S/c25-19(16-9-5-2-6-10-16)13-28-21(27)17-11-20(26)24(12-17)22-23-18(14-29-22)15-7-3-1-4-8-15/h1-10,14,17H,11-13H2/t17-/m0/s1. The highest BCUT2D eigenvalue weighted by Gasteiger charge is 2.37. The molecule has 0 N–H and O–H groups in total. The molecule has 6 nitrogen and oxygen atoms in total. The monoisotopic (exact) mass is 406 g/mol. The molecule has 29 heavy (non-hydrogen) atoms. The van der Waals surface area contributed by atoms with Crippen LogP contribution in [-0.4, -0.2) is 35.8 Å². The van der Waals surface area contributed by atoms with Gasteiger partial charge in [0.2, 0.25) is 5.91 Å². The molecule has 7 heteroatoms. The molecule has 0 bridgehead atoms. The van der Waals surface area contributed by atoms with Crippen LogP contribution in [0.25, 0.3) is 11.3 Å². The fourth-order valence-electron chi connectivity index (χ4n) is 3.14. The predicted molar refractivity (Wildman–Crippen MR) is 110 cm³/mol. The summed E-state index contributed by atoms with van der Waals surface area (Å²) in [6, 6.07) is 18.3. The highest BCUT2D eigenvalue weighted by atomic mass is 32.1. The lowest BCUT2D eigenvalue weighted by molar-refractivity contribution is -0.147. The summed E-state index contributed by atoms with van der Waals surface area (Å²) in [7, 11) is 0. The Morgan fingerprint density at radius 3 is 2.48 bits per heavy atom. The van der Waals surface area contributed by atoms with E-state index in [1.54, 1.807) is 24.3 Å². The molecule has 1 saturated heterocycles. The highest BCUT2D eigenvalue weighted by molar-refractivity contribution is 7.14. The van der Waals surface area contributed by atoms with Crippen LogP contribution in [0.1, 0.15) is 16.8 Å². The van der Waals surface area contributed by atoms with Crippen LogP contribution in [0.3, 0.4) is 0 Å². The summed E-state index contributed by atoms with van der Waals surface area (Å²) in [5.74, 6) is -1.58. The highest BCUT2D eigenvalue weighted by Crippen LogP contribution is 2.31. The summed E-state index contributed by atoms with van der Waals surface area (Å²) in [4.78, 5) is 42.9. The average molecular weight is 406 g/mol. The third-order valence-corrected chi connectivity index (χ3v) is 5.56. The van der Waals surface area contributed by atoms with Crippen LogP contribution in [-0.2, 0) is 14.3 Å². The number of esters is 1. The van der Waals surface area contributed by atoms with Crippen LogP contribution in [0.5, 0.6) is 0 Å². The number of benzene rings is 2. The summed E-state index contributed by atoms with van der Waals surface area (Å²) < 4.78 is 5.16. The van der Waals surface area contributed by atoms with Crippen LogP contribution < -0.4 is 4.90 Å². The smallest absolute Gasteiger partial charge is 0.311 e. The first-order chi connectivity index (χ1) is 14.1. The number of Topliss-reactive ketones (excluding diaryl/α,β-unsaturated/α-hetero) is 1. The molecular weight excluding hydrogens is 388 g/mol. The van der Waals surface area contributed by atoms with Gasteiger partial charge in [-0.1, -0.05) is 60.7 Å². The minimum Gasteiger partial charge on any atom is -0.457 e. The maximum Gasteiger partial charge on any atom is 0.311 e. The molecular formula is C22H18N2O4S. The lowest BCUT2D eigenvalue weighted by Gasteiger charge is -2.12. The van der Waals surface area contributed by atoms with E-state index in [0.717, 1.165) is 11.3 Å². The van der Waals surface area contributed by atoms with Gasteiger partial charge in [0.15, 0.2) is 17.5 Å². The fraction of sp³-hybridized carbons (Fsp3) is 0.182. The van der Waals surface area contributed by atoms with Gasteiger partial charge in [-0.2, -0.15) is 0 Å². The Balaban J connectivity index is 1.37. The Morgan fingerprint density at radius 1 is 1.07 bits per heavy atom. The molecule has 2 heterocycles. The van der Waals surface area contributed by atoms with E-state index in [4.69, 9.17) is 4.74 Å². The van der Waals surface area contributed by atoms with E-state index in [-0.39, 0.29) is 31.3 Å². The number of amides is 1. The Bertz CT molecular complexity index is 1030. The number of ether oxygens (including phenoxy) is 1. The van der Waals surface area contributed by atoms with Gasteiger partial charge in [0.1, 0.15) is 0 Å². The number of aromatic nitrogens is 1. The minimum absolute atomic E-state index is 0.0542. The summed E-state index contributed by atoms with van der Waals surface area (Å²) in [6.45, 7) is -0.123. The average Bonchev–Trinajstić information content (AvgIpc) is 3.40. The van der Waals surface area contributed by atoms with E-state index in [0.29, 0.717) is 10.7 Å². The van der Waals surface area contributed by atoms with Gasteiger partial charge >= 0.3 is 5.97 Å². The number of carbonyl (C=O) groups is 3. The van der Waals surface area contributed by atoms with Gasteiger partial charge < -0.3 is 4.74 Å². The molecule has 2 aromatic carbocycles. The van der Waals surface area contributed by atoms with Gasteiger partial charge in [0.05, 0.1) is 11.6 Å². The van der Waals surface area contributed by atoms with Crippen molar-refractivity contribution in [3.05, 3.63) is 71.6 Å². The van der Waals surface area contributed by atoms with E-state index >= 15 is 0 Å². The van der Waals surface area contributed by atoms with Crippen LogP contribution in [0.2, 0.25) is 0 Å². The van der Waals surface area contributed by atoms with Crippen molar-refractivity contribution in [1.82, 2.24) is 4.98 Å². The Kier molecular flexibility index (Phi) is 5.48. The maximum atomic E-state index is 12.4. The summed E-state index contributed by atoms with van der Waals surface area (Å²) in [6.07, 6.45) is 0.0542. The second-order valence-corrected chi connectivity index (χ2v) is 7.52. The lowest BCUT2D eigenvalue weighted by atomic mass is 10.1. The number of thiazole rings is 1. The normalized spacial score (nSPS) is 16.1. The SMILES string of the molecule is O=C(COC(=O)[C@H]1CC(=O)N(c2nc(-c3ccccc3)cs2)C1)c1ccccc1. The molecule has 0 aliphatic carbocycles. The van der Waals surface area contributed by atoms with E-state index in [9.17, 15) is 14.4 Å². The summed E-state index contributed by atoms with van der Waals surface area (Å²) in [5, 5.41) is 2.45. The molecule has 4 rings (SSSR count). The van der Waals surface area contributed by atoms with Crippen LogP contribution in [0, 0.1) is 5.92 Å². The Hall–Kier alpha value is -3.32. The zero-order valence-electron chi connectivity index (χ0n) is 15.5. The minimum atomic E-state index is -0.602. The number of nitrogens with zero attached hydrogens (tertiary/aromatic N) is 2. The van der Waals surface area contributed by atoms with Gasteiger partial charge in [-0.3, -0.25) is 19.3 Å².